The molecule has 1 aromatic carbocycles. The van der Waals surface area contributed by atoms with Crippen LogP contribution in [-0.2, 0) is 15.0 Å². The minimum absolute atomic E-state index is 0.0350. The number of carbonyl (C=O) groups is 2. The number of amides is 2. The van der Waals surface area contributed by atoms with Gasteiger partial charge < -0.3 is 15.1 Å². The summed E-state index contributed by atoms with van der Waals surface area (Å²) >= 11 is 0. The van der Waals surface area contributed by atoms with E-state index >= 15 is 0 Å². The molecule has 2 amide bonds. The number of anilines is 1. The number of benzene rings is 1. The molecule has 2 saturated heterocycles. The molecule has 3 atom stereocenters. The third-order valence-electron chi connectivity index (χ3n) is 5.24. The fourth-order valence-electron chi connectivity index (χ4n) is 4.13. The van der Waals surface area contributed by atoms with Crippen LogP contribution in [0.3, 0.4) is 0 Å². The molecule has 2 fully saturated rings. The summed E-state index contributed by atoms with van der Waals surface area (Å²) in [4.78, 5) is 28.2. The third-order valence-corrected chi connectivity index (χ3v) is 5.24. The molecule has 0 aromatic heterocycles. The topological polar surface area (TPSA) is 52.7 Å². The normalized spacial score (nSPS) is 33.7. The molecular formula is C16H19N3O2. The molecule has 21 heavy (non-hydrogen) atoms. The van der Waals surface area contributed by atoms with Crippen LogP contribution in [0, 0.1) is 6.92 Å². The highest BCUT2D eigenvalue weighted by Gasteiger charge is 2.60. The summed E-state index contributed by atoms with van der Waals surface area (Å²) in [6.07, 6.45) is 0.584. The Kier molecular flexibility index (Phi) is 2.28. The second kappa shape index (κ2) is 3.78. The number of carbonyl (C=O) groups excluding carboxylic acids is 2. The fraction of sp³-hybridized carbons (Fsp3) is 0.500. The lowest BCUT2D eigenvalue weighted by atomic mass is 9.79. The molecule has 110 valence electrons. The lowest BCUT2D eigenvalue weighted by Gasteiger charge is -2.37. The van der Waals surface area contributed by atoms with E-state index in [-0.39, 0.29) is 36.0 Å². The zero-order chi connectivity index (χ0) is 14.9. The molecule has 0 radical (unpaired) electrons. The first-order chi connectivity index (χ1) is 9.91. The van der Waals surface area contributed by atoms with Gasteiger partial charge in [0.2, 0.25) is 11.8 Å². The van der Waals surface area contributed by atoms with Gasteiger partial charge in [0.05, 0.1) is 6.54 Å². The van der Waals surface area contributed by atoms with Gasteiger partial charge in [0.25, 0.3) is 0 Å². The second-order valence-electron chi connectivity index (χ2n) is 6.73. The third kappa shape index (κ3) is 1.46. The molecule has 5 nitrogen and oxygen atoms in total. The van der Waals surface area contributed by atoms with Gasteiger partial charge in [-0.3, -0.25) is 9.59 Å². The van der Waals surface area contributed by atoms with Crippen molar-refractivity contribution < 1.29 is 9.59 Å². The predicted octanol–water partition coefficient (Wildman–Crippen LogP) is 1.08. The monoisotopic (exact) mass is 285 g/mol. The molecule has 3 aliphatic rings. The summed E-state index contributed by atoms with van der Waals surface area (Å²) in [5.74, 6) is 0.0917. The summed E-state index contributed by atoms with van der Waals surface area (Å²) in [5, 5.41) is 3.46. The molecule has 5 heteroatoms. The van der Waals surface area contributed by atoms with Gasteiger partial charge in [-0.1, -0.05) is 24.6 Å². The van der Waals surface area contributed by atoms with E-state index in [1.165, 1.54) is 11.1 Å². The fourth-order valence-corrected chi connectivity index (χ4v) is 4.13. The Hall–Kier alpha value is -2.04. The molecular weight excluding hydrogens is 266 g/mol. The smallest absolute Gasteiger partial charge is 0.245 e. The lowest BCUT2D eigenvalue weighted by molar-refractivity contribution is -0.153. The molecule has 0 bridgehead atoms. The molecule has 1 N–H and O–H groups in total. The van der Waals surface area contributed by atoms with Crippen LogP contribution in [0.15, 0.2) is 18.2 Å². The molecule has 0 unspecified atom stereocenters. The van der Waals surface area contributed by atoms with E-state index in [1.54, 1.807) is 16.8 Å². The number of rotatable bonds is 0. The Morgan fingerprint density at radius 1 is 1.33 bits per heavy atom. The number of nitrogens with zero attached hydrogens (tertiary/aromatic N) is 2. The highest BCUT2D eigenvalue weighted by atomic mass is 16.2. The molecule has 0 saturated carbocycles. The minimum atomic E-state index is -0.326. The summed E-state index contributed by atoms with van der Waals surface area (Å²) in [7, 11) is 1.71. The average Bonchev–Trinajstić information content (AvgIpc) is 2.86. The zero-order valence-corrected chi connectivity index (χ0v) is 12.5. The van der Waals surface area contributed by atoms with E-state index < -0.39 is 0 Å². The number of nitrogens with one attached hydrogen (secondary N) is 1. The molecule has 1 aromatic rings. The zero-order valence-electron chi connectivity index (χ0n) is 12.5. The summed E-state index contributed by atoms with van der Waals surface area (Å²) < 4.78 is 0. The first kappa shape index (κ1) is 12.7. The number of fused-ring (bicyclic) bond motifs is 5. The standard InChI is InChI=1S/C16H19N3O2/c1-9-4-5-11-10(6-9)16(2)7-12-14(21)18(3)8-13(20)19(12)15(16)17-11/h4-6,12,15,17H,7-8H2,1-3H3/t12-,15+,16+/m0/s1. The number of likely N-dealkylation sites (N-methyl/N-ethyl adjacent to an activating group) is 1. The van der Waals surface area contributed by atoms with Crippen molar-refractivity contribution in [2.75, 3.05) is 18.9 Å². The highest BCUT2D eigenvalue weighted by Crippen LogP contribution is 2.51. The number of hydrogen-bond donors (Lipinski definition) is 1. The van der Waals surface area contributed by atoms with Gasteiger partial charge in [-0.25, -0.2) is 0 Å². The van der Waals surface area contributed by atoms with Crippen LogP contribution in [0.25, 0.3) is 0 Å². The van der Waals surface area contributed by atoms with Gasteiger partial charge in [-0.15, -0.1) is 0 Å². The van der Waals surface area contributed by atoms with E-state index in [0.717, 1.165) is 5.69 Å². The SMILES string of the molecule is Cc1ccc2c(c1)[C@@]1(C)C[C@H]3C(=O)N(C)CC(=O)N3[C@H]1N2. The van der Waals surface area contributed by atoms with Gasteiger partial charge >= 0.3 is 0 Å². The highest BCUT2D eigenvalue weighted by molar-refractivity contribution is 5.96. The van der Waals surface area contributed by atoms with E-state index in [0.29, 0.717) is 6.42 Å². The largest absolute Gasteiger partial charge is 0.364 e. The van der Waals surface area contributed by atoms with Crippen LogP contribution in [0.1, 0.15) is 24.5 Å². The Morgan fingerprint density at radius 2 is 2.10 bits per heavy atom. The Morgan fingerprint density at radius 3 is 2.86 bits per heavy atom. The minimum Gasteiger partial charge on any atom is -0.364 e. The van der Waals surface area contributed by atoms with Crippen LogP contribution in [0.4, 0.5) is 5.69 Å². The second-order valence-corrected chi connectivity index (χ2v) is 6.73. The lowest BCUT2D eigenvalue weighted by Crippen LogP contribution is -2.59. The van der Waals surface area contributed by atoms with Crippen molar-refractivity contribution in [1.29, 1.82) is 0 Å². The Balaban J connectivity index is 1.82. The van der Waals surface area contributed by atoms with Crippen LogP contribution in [0.5, 0.6) is 0 Å². The van der Waals surface area contributed by atoms with Crippen LogP contribution in [-0.4, -0.2) is 47.4 Å². The van der Waals surface area contributed by atoms with Crippen molar-refractivity contribution in [3.8, 4) is 0 Å². The van der Waals surface area contributed by atoms with Crippen molar-refractivity contribution in [3.05, 3.63) is 29.3 Å². The Labute approximate surface area is 123 Å². The maximum Gasteiger partial charge on any atom is 0.245 e. The van der Waals surface area contributed by atoms with E-state index in [2.05, 4.69) is 37.4 Å². The van der Waals surface area contributed by atoms with Crippen molar-refractivity contribution in [1.82, 2.24) is 9.80 Å². The number of aryl methyl sites for hydroxylation is 1. The van der Waals surface area contributed by atoms with Crippen LogP contribution in [0.2, 0.25) is 0 Å². The van der Waals surface area contributed by atoms with Crippen molar-refractivity contribution in [3.63, 3.8) is 0 Å². The molecule has 4 rings (SSSR count). The molecule has 3 heterocycles. The van der Waals surface area contributed by atoms with Gasteiger partial charge in [0, 0.05) is 18.2 Å². The van der Waals surface area contributed by atoms with Gasteiger partial charge in [-0.2, -0.15) is 0 Å². The van der Waals surface area contributed by atoms with Crippen molar-refractivity contribution in [2.24, 2.45) is 0 Å². The van der Waals surface area contributed by atoms with Crippen LogP contribution < -0.4 is 5.32 Å². The quantitative estimate of drug-likeness (QED) is 0.776. The average molecular weight is 285 g/mol. The summed E-state index contributed by atoms with van der Waals surface area (Å²) in [5.41, 5.74) is 3.33. The first-order valence-corrected chi connectivity index (χ1v) is 7.35. The Bertz CT molecular complexity index is 671. The van der Waals surface area contributed by atoms with Gasteiger partial charge in [-0.05, 0) is 25.0 Å². The van der Waals surface area contributed by atoms with Crippen molar-refractivity contribution >= 4 is 17.5 Å². The first-order valence-electron chi connectivity index (χ1n) is 7.35. The summed E-state index contributed by atoms with van der Waals surface area (Å²) in [6.45, 7) is 4.41. The molecule has 0 spiro atoms. The van der Waals surface area contributed by atoms with E-state index in [9.17, 15) is 9.59 Å². The number of hydrogen-bond acceptors (Lipinski definition) is 3. The maximum absolute atomic E-state index is 12.4. The van der Waals surface area contributed by atoms with Gasteiger partial charge in [0.1, 0.15) is 12.2 Å². The van der Waals surface area contributed by atoms with Gasteiger partial charge in [0.15, 0.2) is 0 Å². The number of piperazine rings is 1. The van der Waals surface area contributed by atoms with E-state index in [4.69, 9.17) is 0 Å². The van der Waals surface area contributed by atoms with Crippen molar-refractivity contribution in [2.45, 2.75) is 37.9 Å². The maximum atomic E-state index is 12.4. The molecule has 3 aliphatic heterocycles. The predicted molar refractivity (Wildman–Crippen MR) is 78.8 cm³/mol. The molecule has 0 aliphatic carbocycles. The summed E-state index contributed by atoms with van der Waals surface area (Å²) in [6, 6.07) is 6.00. The van der Waals surface area contributed by atoms with E-state index in [1.807, 2.05) is 0 Å². The van der Waals surface area contributed by atoms with Crippen LogP contribution >= 0.6 is 0 Å².